The van der Waals surface area contributed by atoms with Gasteiger partial charge in [-0.15, -0.1) is 0 Å². The van der Waals surface area contributed by atoms with Crippen molar-refractivity contribution in [1.29, 1.82) is 0 Å². The first-order chi connectivity index (χ1) is 14.3. The van der Waals surface area contributed by atoms with Crippen LogP contribution >= 0.6 is 0 Å². The summed E-state index contributed by atoms with van der Waals surface area (Å²) in [6.45, 7) is 3.39. The van der Waals surface area contributed by atoms with Crippen LogP contribution < -0.4 is 15.8 Å². The summed E-state index contributed by atoms with van der Waals surface area (Å²) in [6.07, 6.45) is 5.32. The summed E-state index contributed by atoms with van der Waals surface area (Å²) in [5.74, 6) is 0. The first kappa shape index (κ1) is 17.5. The highest BCUT2D eigenvalue weighted by molar-refractivity contribution is 5.78. The first-order valence-electron chi connectivity index (χ1n) is 9.63. The molecule has 0 atom stereocenters. The number of aromatic amines is 1. The molecule has 0 spiro atoms. The molecule has 5 rings (SSSR count). The fourth-order valence-electron chi connectivity index (χ4n) is 3.68. The molecule has 4 aromatic rings. The van der Waals surface area contributed by atoms with E-state index in [1.807, 2.05) is 28.8 Å². The molecule has 0 radical (unpaired) electrons. The molecular formula is C22H21N5O2. The van der Waals surface area contributed by atoms with Gasteiger partial charge in [-0.05, 0) is 42.5 Å². The van der Waals surface area contributed by atoms with Gasteiger partial charge in [0.15, 0.2) is 5.65 Å². The third kappa shape index (κ3) is 3.48. The lowest BCUT2D eigenvalue weighted by atomic mass is 10.1. The van der Waals surface area contributed by atoms with Gasteiger partial charge in [-0.2, -0.15) is 0 Å². The number of aromatic nitrogens is 3. The average Bonchev–Trinajstić information content (AvgIpc) is 3.26. The van der Waals surface area contributed by atoms with Gasteiger partial charge in [0.2, 0.25) is 5.56 Å². The lowest BCUT2D eigenvalue weighted by molar-refractivity contribution is 0.122. The summed E-state index contributed by atoms with van der Waals surface area (Å²) >= 11 is 0. The number of rotatable bonds is 4. The predicted molar refractivity (Wildman–Crippen MR) is 114 cm³/mol. The number of ether oxygens (including phenoxy) is 1. The molecule has 1 aromatic carbocycles. The van der Waals surface area contributed by atoms with E-state index < -0.39 is 0 Å². The quantitative estimate of drug-likeness (QED) is 0.562. The van der Waals surface area contributed by atoms with E-state index in [-0.39, 0.29) is 5.56 Å². The molecule has 1 aliphatic rings. The Morgan fingerprint density at radius 3 is 2.66 bits per heavy atom. The lowest BCUT2D eigenvalue weighted by Crippen LogP contribution is -2.36. The number of hydrogen-bond acceptors (Lipinski definition) is 5. The maximum atomic E-state index is 11.7. The van der Waals surface area contributed by atoms with Gasteiger partial charge in [0.25, 0.3) is 0 Å². The Hall–Kier alpha value is -3.58. The number of nitrogens with zero attached hydrogens (tertiary/aromatic N) is 3. The normalized spacial score (nSPS) is 14.3. The van der Waals surface area contributed by atoms with Crippen LogP contribution in [0.5, 0.6) is 0 Å². The van der Waals surface area contributed by atoms with Crippen molar-refractivity contribution in [1.82, 2.24) is 14.4 Å². The summed E-state index contributed by atoms with van der Waals surface area (Å²) in [4.78, 5) is 21.2. The molecular weight excluding hydrogens is 366 g/mol. The Morgan fingerprint density at radius 1 is 1.03 bits per heavy atom. The zero-order valence-electron chi connectivity index (χ0n) is 15.8. The predicted octanol–water partition coefficient (Wildman–Crippen LogP) is 3.27. The average molecular weight is 387 g/mol. The van der Waals surface area contributed by atoms with Crippen LogP contribution in [0.3, 0.4) is 0 Å². The minimum absolute atomic E-state index is 0.127. The molecule has 0 bridgehead atoms. The van der Waals surface area contributed by atoms with Crippen molar-refractivity contribution in [2.45, 2.75) is 0 Å². The molecule has 3 aromatic heterocycles. The van der Waals surface area contributed by atoms with Crippen molar-refractivity contribution in [3.05, 3.63) is 77.5 Å². The van der Waals surface area contributed by atoms with Crippen molar-refractivity contribution in [3.63, 3.8) is 0 Å². The fourth-order valence-corrected chi connectivity index (χ4v) is 3.68. The van der Waals surface area contributed by atoms with E-state index in [1.165, 1.54) is 5.69 Å². The number of benzene rings is 1. The topological polar surface area (TPSA) is 74.7 Å². The molecule has 0 saturated carbocycles. The van der Waals surface area contributed by atoms with Gasteiger partial charge in [-0.1, -0.05) is 0 Å². The van der Waals surface area contributed by atoms with E-state index in [0.29, 0.717) is 0 Å². The van der Waals surface area contributed by atoms with Crippen LogP contribution in [0.25, 0.3) is 16.9 Å². The third-order valence-electron chi connectivity index (χ3n) is 5.14. The monoisotopic (exact) mass is 387 g/mol. The Morgan fingerprint density at radius 2 is 1.86 bits per heavy atom. The molecule has 146 valence electrons. The fraction of sp³-hybridized carbons (Fsp3) is 0.182. The number of fused-ring (bicyclic) bond motifs is 1. The zero-order valence-corrected chi connectivity index (χ0v) is 15.8. The molecule has 1 aliphatic heterocycles. The molecule has 0 aliphatic carbocycles. The van der Waals surface area contributed by atoms with Crippen LogP contribution in [0.4, 0.5) is 17.1 Å². The van der Waals surface area contributed by atoms with Crippen LogP contribution in [-0.4, -0.2) is 40.7 Å². The molecule has 1 fully saturated rings. The van der Waals surface area contributed by atoms with E-state index in [4.69, 9.17) is 4.74 Å². The lowest BCUT2D eigenvalue weighted by Gasteiger charge is -2.29. The van der Waals surface area contributed by atoms with Crippen LogP contribution in [0.2, 0.25) is 0 Å². The van der Waals surface area contributed by atoms with Crippen molar-refractivity contribution in [3.8, 4) is 11.3 Å². The summed E-state index contributed by atoms with van der Waals surface area (Å²) in [5, 5.41) is 3.46. The molecule has 2 N–H and O–H groups in total. The first-order valence-corrected chi connectivity index (χ1v) is 9.63. The number of nitrogens with one attached hydrogen (secondary N) is 2. The van der Waals surface area contributed by atoms with Crippen molar-refractivity contribution < 1.29 is 4.74 Å². The molecule has 4 heterocycles. The highest BCUT2D eigenvalue weighted by atomic mass is 16.5. The van der Waals surface area contributed by atoms with Crippen molar-refractivity contribution in [2.24, 2.45) is 0 Å². The van der Waals surface area contributed by atoms with Gasteiger partial charge in [0, 0.05) is 54.7 Å². The molecule has 1 saturated heterocycles. The number of pyridine rings is 2. The van der Waals surface area contributed by atoms with Gasteiger partial charge in [0.1, 0.15) is 0 Å². The van der Waals surface area contributed by atoms with Crippen LogP contribution in [0.15, 0.2) is 71.9 Å². The molecule has 7 heteroatoms. The minimum Gasteiger partial charge on any atom is -0.378 e. The second-order valence-electron chi connectivity index (χ2n) is 6.97. The van der Waals surface area contributed by atoms with Crippen LogP contribution in [-0.2, 0) is 4.74 Å². The van der Waals surface area contributed by atoms with E-state index in [1.54, 1.807) is 18.5 Å². The number of hydrogen-bond donors (Lipinski definition) is 2. The molecule has 29 heavy (non-hydrogen) atoms. The molecule has 0 amide bonds. The smallest absolute Gasteiger partial charge is 0.248 e. The summed E-state index contributed by atoms with van der Waals surface area (Å²) in [7, 11) is 0. The summed E-state index contributed by atoms with van der Waals surface area (Å²) in [5.41, 5.74) is 5.54. The maximum Gasteiger partial charge on any atom is 0.248 e. The third-order valence-corrected chi connectivity index (χ3v) is 5.14. The summed E-state index contributed by atoms with van der Waals surface area (Å²) < 4.78 is 7.41. The Labute approximate surface area is 167 Å². The second-order valence-corrected chi connectivity index (χ2v) is 6.97. The Kier molecular flexibility index (Phi) is 4.50. The van der Waals surface area contributed by atoms with Crippen molar-refractivity contribution >= 4 is 22.7 Å². The molecule has 0 unspecified atom stereocenters. The van der Waals surface area contributed by atoms with Crippen LogP contribution in [0.1, 0.15) is 0 Å². The highest BCUT2D eigenvalue weighted by Crippen LogP contribution is 2.28. The van der Waals surface area contributed by atoms with Crippen LogP contribution in [0, 0.1) is 0 Å². The SMILES string of the molecule is O=c1cc(-c2ccc(Nc3ccc(N4CCOCC4)cc3)c3nccn23)cc[nH]1. The number of H-pyrrole nitrogens is 1. The van der Waals surface area contributed by atoms with E-state index in [0.717, 1.165) is 54.6 Å². The highest BCUT2D eigenvalue weighted by Gasteiger charge is 2.12. The van der Waals surface area contributed by atoms with Gasteiger partial charge in [0.05, 0.1) is 24.6 Å². The minimum atomic E-state index is -0.127. The zero-order chi connectivity index (χ0) is 19.6. The second kappa shape index (κ2) is 7.44. The van der Waals surface area contributed by atoms with Gasteiger partial charge >= 0.3 is 0 Å². The Bertz CT molecular complexity index is 1190. The van der Waals surface area contributed by atoms with Crippen molar-refractivity contribution in [2.75, 3.05) is 36.5 Å². The number of anilines is 3. The van der Waals surface area contributed by atoms with Gasteiger partial charge < -0.3 is 19.9 Å². The standard InChI is InChI=1S/C22H21N5O2/c28-21-15-16(7-8-23-21)20-6-5-19(22-24-9-10-27(20)22)25-17-1-3-18(4-2-17)26-11-13-29-14-12-26/h1-10,15,25H,11-14H2,(H,23,28). The van der Waals surface area contributed by atoms with E-state index >= 15 is 0 Å². The molecule has 7 nitrogen and oxygen atoms in total. The largest absolute Gasteiger partial charge is 0.378 e. The Balaban J connectivity index is 1.43. The van der Waals surface area contributed by atoms with E-state index in [2.05, 4.69) is 44.5 Å². The maximum absolute atomic E-state index is 11.7. The van der Waals surface area contributed by atoms with Gasteiger partial charge in [-0.3, -0.25) is 9.20 Å². The van der Waals surface area contributed by atoms with E-state index in [9.17, 15) is 4.79 Å². The number of imidazole rings is 1. The number of morpholine rings is 1. The van der Waals surface area contributed by atoms with Gasteiger partial charge in [-0.25, -0.2) is 4.98 Å². The summed E-state index contributed by atoms with van der Waals surface area (Å²) in [6, 6.07) is 15.9.